The molecule has 13 aromatic carbocycles. The molecule has 2 heterocycles. The van der Waals surface area contributed by atoms with Crippen molar-refractivity contribution in [2.45, 2.75) is 38.0 Å². The molecular formula is C76H55BN2. The zero-order valence-electron chi connectivity index (χ0n) is 44.0. The summed E-state index contributed by atoms with van der Waals surface area (Å²) in [6.45, 7) is -0.0240. The van der Waals surface area contributed by atoms with Gasteiger partial charge in [-0.1, -0.05) is 226 Å². The predicted molar refractivity (Wildman–Crippen MR) is 338 cm³/mol. The number of rotatable bonds is 7. The van der Waals surface area contributed by atoms with Gasteiger partial charge < -0.3 is 9.80 Å². The van der Waals surface area contributed by atoms with Crippen molar-refractivity contribution < 1.29 is 0 Å². The molecular weight excluding hydrogens is 952 g/mol. The Morgan fingerprint density at radius 2 is 0.684 bits per heavy atom. The molecule has 0 N–H and O–H groups in total. The van der Waals surface area contributed by atoms with Gasteiger partial charge in [0.1, 0.15) is 0 Å². The monoisotopic (exact) mass is 1010 g/mol. The molecule has 3 aliphatic rings. The minimum Gasteiger partial charge on any atom is -0.311 e. The highest BCUT2D eigenvalue weighted by Crippen LogP contribution is 2.49. The second-order valence-corrected chi connectivity index (χ2v) is 22.2. The summed E-state index contributed by atoms with van der Waals surface area (Å²) in [5.41, 5.74) is 22.5. The van der Waals surface area contributed by atoms with E-state index in [-0.39, 0.29) is 6.71 Å². The van der Waals surface area contributed by atoms with E-state index in [1.807, 2.05) is 0 Å². The van der Waals surface area contributed by atoms with Crippen LogP contribution in [-0.4, -0.2) is 6.71 Å². The molecule has 1 fully saturated rings. The van der Waals surface area contributed by atoms with Gasteiger partial charge in [-0.25, -0.2) is 0 Å². The minimum absolute atomic E-state index is 0.0240. The van der Waals surface area contributed by atoms with Gasteiger partial charge in [-0.2, -0.15) is 0 Å². The Kier molecular flexibility index (Phi) is 10.8. The molecule has 0 atom stereocenters. The van der Waals surface area contributed by atoms with E-state index in [0.717, 1.165) is 11.4 Å². The Balaban J connectivity index is 0.945. The van der Waals surface area contributed by atoms with Crippen LogP contribution in [0.25, 0.3) is 87.6 Å². The summed E-state index contributed by atoms with van der Waals surface area (Å²) in [4.78, 5) is 5.26. The maximum absolute atomic E-state index is 2.63. The normalized spacial score (nSPS) is 13.9. The molecule has 2 nitrogen and oxygen atoms in total. The first-order valence-corrected chi connectivity index (χ1v) is 28.4. The largest absolute Gasteiger partial charge is 0.311 e. The van der Waals surface area contributed by atoms with Crippen molar-refractivity contribution in [3.8, 4) is 44.5 Å². The topological polar surface area (TPSA) is 6.48 Å². The van der Waals surface area contributed by atoms with Crippen molar-refractivity contribution in [3.63, 3.8) is 0 Å². The second kappa shape index (κ2) is 18.6. The molecule has 2 aliphatic heterocycles. The number of hydrogen-bond donors (Lipinski definition) is 0. The first-order chi connectivity index (χ1) is 39.1. The zero-order chi connectivity index (χ0) is 52.0. The molecule has 16 rings (SSSR count). The third kappa shape index (κ3) is 7.71. The van der Waals surface area contributed by atoms with E-state index >= 15 is 0 Å². The van der Waals surface area contributed by atoms with Crippen molar-refractivity contribution in [1.82, 2.24) is 0 Å². The Labute approximate surface area is 462 Å². The van der Waals surface area contributed by atoms with Gasteiger partial charge in [-0.3, -0.25) is 0 Å². The molecule has 79 heavy (non-hydrogen) atoms. The Hall–Kier alpha value is -9.44. The Bertz CT molecular complexity index is 4260. The highest BCUT2D eigenvalue weighted by molar-refractivity contribution is 7.00. The van der Waals surface area contributed by atoms with E-state index in [1.165, 1.54) is 164 Å². The van der Waals surface area contributed by atoms with Crippen molar-refractivity contribution in [1.29, 1.82) is 0 Å². The second-order valence-electron chi connectivity index (χ2n) is 22.2. The fraction of sp³-hybridized carbons (Fsp3) is 0.0789. The predicted octanol–water partition coefficient (Wildman–Crippen LogP) is 19.1. The van der Waals surface area contributed by atoms with Crippen LogP contribution in [-0.2, 0) is 0 Å². The Morgan fingerprint density at radius 1 is 0.291 bits per heavy atom. The van der Waals surface area contributed by atoms with Gasteiger partial charge in [0.2, 0.25) is 0 Å². The molecule has 0 aromatic heterocycles. The van der Waals surface area contributed by atoms with Crippen LogP contribution < -0.4 is 26.2 Å². The zero-order valence-corrected chi connectivity index (χ0v) is 44.0. The first kappa shape index (κ1) is 45.7. The van der Waals surface area contributed by atoms with E-state index in [4.69, 9.17) is 0 Å². The lowest BCUT2D eigenvalue weighted by atomic mass is 9.33. The van der Waals surface area contributed by atoms with Gasteiger partial charge >= 0.3 is 0 Å². The summed E-state index contributed by atoms with van der Waals surface area (Å²) in [7, 11) is 0. The van der Waals surface area contributed by atoms with Crippen molar-refractivity contribution in [2.75, 3.05) is 9.80 Å². The molecule has 0 unspecified atom stereocenters. The summed E-state index contributed by atoms with van der Waals surface area (Å²) in [6.07, 6.45) is 6.22. The molecule has 0 spiro atoms. The van der Waals surface area contributed by atoms with Crippen LogP contribution >= 0.6 is 0 Å². The van der Waals surface area contributed by atoms with Crippen molar-refractivity contribution >= 4 is 100 Å². The standard InChI is InChI=1S/C76H55BN2/c1-2-14-50(15-3-1)63-48-74-76-75(49-63)79(65-40-34-56(35-41-65)69-27-13-23-54-19-9-11-25-67(54)69)73-47-62(60-31-29-52-17-5-7-21-58(52)45-60)37-43-71(73)77(76)70-42-36-61(59-30-28-51-16-4-6-20-57(51)44-59)46-72(70)78(74)64-38-32-55(33-39-64)68-26-12-22-53-18-8-10-24-66(53)68/h4-13,16-50H,1-3,14-15H2. The van der Waals surface area contributed by atoms with Gasteiger partial charge in [0.05, 0.1) is 0 Å². The van der Waals surface area contributed by atoms with Gasteiger partial charge in [-0.05, 0) is 189 Å². The summed E-state index contributed by atoms with van der Waals surface area (Å²) < 4.78 is 0. The molecule has 1 saturated carbocycles. The van der Waals surface area contributed by atoms with E-state index < -0.39 is 0 Å². The molecule has 0 bridgehead atoms. The summed E-state index contributed by atoms with van der Waals surface area (Å²) >= 11 is 0. The lowest BCUT2D eigenvalue weighted by Gasteiger charge is -2.45. The van der Waals surface area contributed by atoms with Gasteiger partial charge in [0.15, 0.2) is 0 Å². The van der Waals surface area contributed by atoms with Crippen LogP contribution in [0.15, 0.2) is 267 Å². The van der Waals surface area contributed by atoms with Crippen LogP contribution in [0.2, 0.25) is 0 Å². The van der Waals surface area contributed by atoms with Crippen LogP contribution in [0.3, 0.4) is 0 Å². The molecule has 0 amide bonds. The van der Waals surface area contributed by atoms with E-state index in [1.54, 1.807) is 0 Å². The third-order valence-corrected chi connectivity index (χ3v) is 17.8. The highest BCUT2D eigenvalue weighted by Gasteiger charge is 2.44. The van der Waals surface area contributed by atoms with Crippen LogP contribution in [0.4, 0.5) is 34.1 Å². The fourth-order valence-electron chi connectivity index (χ4n) is 13.9. The maximum atomic E-state index is 2.63. The number of anilines is 6. The van der Waals surface area contributed by atoms with E-state index in [2.05, 4.69) is 277 Å². The summed E-state index contributed by atoms with van der Waals surface area (Å²) in [6, 6.07) is 101. The van der Waals surface area contributed by atoms with Crippen LogP contribution in [0, 0.1) is 0 Å². The van der Waals surface area contributed by atoms with Crippen molar-refractivity contribution in [3.05, 3.63) is 272 Å². The first-order valence-electron chi connectivity index (χ1n) is 28.4. The highest BCUT2D eigenvalue weighted by atomic mass is 15.2. The molecule has 13 aromatic rings. The number of hydrogen-bond acceptors (Lipinski definition) is 2. The lowest BCUT2D eigenvalue weighted by molar-refractivity contribution is 0.444. The number of fused-ring (bicyclic) bond motifs is 8. The molecule has 0 radical (unpaired) electrons. The Morgan fingerprint density at radius 3 is 1.16 bits per heavy atom. The van der Waals surface area contributed by atoms with Gasteiger partial charge in [0.25, 0.3) is 6.71 Å². The maximum Gasteiger partial charge on any atom is 0.252 e. The summed E-state index contributed by atoms with van der Waals surface area (Å²) in [5, 5.41) is 10.1. The lowest BCUT2D eigenvalue weighted by Crippen LogP contribution is -2.61. The summed E-state index contributed by atoms with van der Waals surface area (Å²) in [5.74, 6) is 0.468. The minimum atomic E-state index is -0.0240. The third-order valence-electron chi connectivity index (χ3n) is 17.8. The molecule has 0 saturated heterocycles. The molecule has 1 aliphatic carbocycles. The fourth-order valence-corrected chi connectivity index (χ4v) is 13.9. The van der Waals surface area contributed by atoms with Crippen LogP contribution in [0.1, 0.15) is 43.6 Å². The van der Waals surface area contributed by atoms with E-state index in [9.17, 15) is 0 Å². The van der Waals surface area contributed by atoms with Gasteiger partial charge in [-0.15, -0.1) is 0 Å². The average Bonchev–Trinajstić information content (AvgIpc) is 3.68. The SMILES string of the molecule is c1ccc2cc(-c3ccc4c(c3)N(c3ccc(-c5cccc6ccccc56)cc3)c3cc(C5CCCCC5)cc5c3B4c3ccc(-c4ccc6ccccc6c4)cc3N5c3ccc(-c4cccc5ccccc45)cc3)ccc2c1. The quantitative estimate of drug-likeness (QED) is 0.147. The smallest absolute Gasteiger partial charge is 0.252 e. The van der Waals surface area contributed by atoms with E-state index in [0.29, 0.717) is 5.92 Å². The number of benzene rings is 13. The number of nitrogens with zero attached hydrogens (tertiary/aromatic N) is 2. The van der Waals surface area contributed by atoms with Crippen LogP contribution in [0.5, 0.6) is 0 Å². The molecule has 372 valence electrons. The molecule has 3 heteroatoms. The van der Waals surface area contributed by atoms with Crippen molar-refractivity contribution in [2.24, 2.45) is 0 Å². The average molecular weight is 1010 g/mol. The van der Waals surface area contributed by atoms with Gasteiger partial charge in [0, 0.05) is 34.1 Å².